The highest BCUT2D eigenvalue weighted by Crippen LogP contribution is 2.42. The summed E-state index contributed by atoms with van der Waals surface area (Å²) < 4.78 is 6.30. The number of hydrogen-bond donors (Lipinski definition) is 2. The van der Waals surface area contributed by atoms with Crippen molar-refractivity contribution in [1.29, 1.82) is 0 Å². The van der Waals surface area contributed by atoms with Crippen LogP contribution in [0.25, 0.3) is 0 Å². The number of benzene rings is 2. The van der Waals surface area contributed by atoms with Crippen LogP contribution in [-0.2, 0) is 10.8 Å². The fourth-order valence-electron chi connectivity index (χ4n) is 2.86. The van der Waals surface area contributed by atoms with E-state index in [1.807, 2.05) is 31.2 Å². The first kappa shape index (κ1) is 19.2. The first-order valence-corrected chi connectivity index (χ1v) is 8.73. The number of hydrogen-bond acceptors (Lipinski definition) is 3. The molecule has 2 rings (SSSR count). The quantitative estimate of drug-likeness (QED) is 0.737. The van der Waals surface area contributed by atoms with E-state index in [0.29, 0.717) is 5.75 Å². The molecule has 1 unspecified atom stereocenters. The van der Waals surface area contributed by atoms with Crippen LogP contribution in [0.2, 0.25) is 0 Å². The molecule has 0 bridgehead atoms. The summed E-state index contributed by atoms with van der Waals surface area (Å²) in [5, 5.41) is 20.0. The molecule has 0 saturated carbocycles. The lowest BCUT2D eigenvalue weighted by molar-refractivity contribution is 0.220. The predicted octanol–water partition coefficient (Wildman–Crippen LogP) is 5.83. The molecule has 3 heteroatoms. The second-order valence-electron chi connectivity index (χ2n) is 8.72. The smallest absolute Gasteiger partial charge is 0.124 e. The maximum Gasteiger partial charge on any atom is 0.124 e. The highest BCUT2D eigenvalue weighted by molar-refractivity contribution is 5.51. The lowest BCUT2D eigenvalue weighted by Crippen LogP contribution is -2.18. The van der Waals surface area contributed by atoms with Crippen LogP contribution in [0, 0.1) is 0 Å². The number of phenolic OH excluding ortho intramolecular Hbond substituents is 2. The standard InChI is InChI=1S/C22H30O3/c1-14(15-8-10-16(23)11-9-15)25-20-13-17(21(2,3)4)19(24)12-18(20)22(5,6)7/h8-14,23-24H,1-7H3. The van der Waals surface area contributed by atoms with Crippen LogP contribution in [0.5, 0.6) is 17.2 Å². The largest absolute Gasteiger partial charge is 0.508 e. The molecule has 0 radical (unpaired) electrons. The van der Waals surface area contributed by atoms with Crippen molar-refractivity contribution in [2.45, 2.75) is 65.4 Å². The Balaban J connectivity index is 2.48. The molecule has 0 amide bonds. The third-order valence-corrected chi connectivity index (χ3v) is 4.38. The minimum absolute atomic E-state index is 0.155. The van der Waals surface area contributed by atoms with Crippen molar-refractivity contribution >= 4 is 0 Å². The third kappa shape index (κ3) is 4.47. The molecule has 0 aliphatic heterocycles. The molecule has 0 fully saturated rings. The van der Waals surface area contributed by atoms with E-state index in [-0.39, 0.29) is 22.7 Å². The van der Waals surface area contributed by atoms with Crippen LogP contribution in [0.3, 0.4) is 0 Å². The summed E-state index contributed by atoms with van der Waals surface area (Å²) in [5.41, 5.74) is 2.50. The van der Waals surface area contributed by atoms with Gasteiger partial charge in [0, 0.05) is 11.1 Å². The molecule has 0 aliphatic rings. The van der Waals surface area contributed by atoms with Crippen LogP contribution in [0.1, 0.15) is 71.3 Å². The first-order valence-electron chi connectivity index (χ1n) is 8.73. The van der Waals surface area contributed by atoms with Crippen molar-refractivity contribution < 1.29 is 14.9 Å². The van der Waals surface area contributed by atoms with Gasteiger partial charge in [-0.2, -0.15) is 0 Å². The van der Waals surface area contributed by atoms with E-state index in [0.717, 1.165) is 22.4 Å². The van der Waals surface area contributed by atoms with Crippen LogP contribution in [0.15, 0.2) is 36.4 Å². The Morgan fingerprint density at radius 3 is 1.80 bits per heavy atom. The van der Waals surface area contributed by atoms with Crippen molar-refractivity contribution in [2.24, 2.45) is 0 Å². The Kier molecular flexibility index (Phi) is 5.08. The van der Waals surface area contributed by atoms with E-state index in [2.05, 4.69) is 41.5 Å². The summed E-state index contributed by atoms with van der Waals surface area (Å²) in [6.07, 6.45) is -0.168. The second kappa shape index (κ2) is 6.62. The lowest BCUT2D eigenvalue weighted by atomic mass is 9.81. The molecule has 25 heavy (non-hydrogen) atoms. The first-order chi connectivity index (χ1) is 11.4. The molecule has 2 aromatic carbocycles. The molecule has 3 nitrogen and oxygen atoms in total. The summed E-state index contributed by atoms with van der Waals surface area (Å²) in [6.45, 7) is 14.5. The Morgan fingerprint density at radius 1 is 0.800 bits per heavy atom. The fourth-order valence-corrected chi connectivity index (χ4v) is 2.86. The average molecular weight is 342 g/mol. The number of aromatic hydroxyl groups is 2. The van der Waals surface area contributed by atoms with Crippen molar-refractivity contribution in [3.63, 3.8) is 0 Å². The Labute approximate surface area is 151 Å². The van der Waals surface area contributed by atoms with Crippen molar-refractivity contribution in [3.05, 3.63) is 53.1 Å². The molecule has 1 atom stereocenters. The van der Waals surface area contributed by atoms with Gasteiger partial charge in [-0.15, -0.1) is 0 Å². The molecule has 0 spiro atoms. The van der Waals surface area contributed by atoms with E-state index in [1.165, 1.54) is 0 Å². The van der Waals surface area contributed by atoms with Gasteiger partial charge in [0.2, 0.25) is 0 Å². The zero-order chi connectivity index (χ0) is 19.0. The van der Waals surface area contributed by atoms with E-state index in [9.17, 15) is 10.2 Å². The van der Waals surface area contributed by atoms with E-state index in [1.54, 1.807) is 12.1 Å². The van der Waals surface area contributed by atoms with Gasteiger partial charge in [0.1, 0.15) is 23.4 Å². The Hall–Kier alpha value is -2.16. The van der Waals surface area contributed by atoms with E-state index >= 15 is 0 Å². The highest BCUT2D eigenvalue weighted by atomic mass is 16.5. The maximum absolute atomic E-state index is 10.5. The van der Waals surface area contributed by atoms with Gasteiger partial charge < -0.3 is 14.9 Å². The fraction of sp³-hybridized carbons (Fsp3) is 0.455. The van der Waals surface area contributed by atoms with E-state index < -0.39 is 0 Å². The average Bonchev–Trinajstić information content (AvgIpc) is 2.47. The molecular formula is C22H30O3. The lowest BCUT2D eigenvalue weighted by Gasteiger charge is -2.29. The van der Waals surface area contributed by atoms with Crippen LogP contribution < -0.4 is 4.74 Å². The minimum atomic E-state index is -0.180. The normalized spacial score (nSPS) is 13.6. The summed E-state index contributed by atoms with van der Waals surface area (Å²) >= 11 is 0. The Bertz CT molecular complexity index is 732. The van der Waals surface area contributed by atoms with Gasteiger partial charge in [-0.3, -0.25) is 0 Å². The molecule has 136 valence electrons. The van der Waals surface area contributed by atoms with Crippen molar-refractivity contribution in [3.8, 4) is 17.2 Å². The number of phenols is 2. The molecule has 0 aromatic heterocycles. The summed E-state index contributed by atoms with van der Waals surface area (Å²) in [5.74, 6) is 1.34. The van der Waals surface area contributed by atoms with Crippen molar-refractivity contribution in [2.75, 3.05) is 0 Å². The molecule has 0 heterocycles. The van der Waals surface area contributed by atoms with Crippen LogP contribution in [-0.4, -0.2) is 10.2 Å². The number of rotatable bonds is 3. The molecule has 0 aliphatic carbocycles. The molecule has 0 saturated heterocycles. The van der Waals surface area contributed by atoms with Gasteiger partial charge in [-0.05, 0) is 47.6 Å². The van der Waals surface area contributed by atoms with Gasteiger partial charge in [0.05, 0.1) is 0 Å². The second-order valence-corrected chi connectivity index (χ2v) is 8.72. The van der Waals surface area contributed by atoms with Gasteiger partial charge in [-0.25, -0.2) is 0 Å². The SMILES string of the molecule is CC(Oc1cc(C(C)(C)C)c(O)cc1C(C)(C)C)c1ccc(O)cc1. The summed E-state index contributed by atoms with van der Waals surface area (Å²) in [7, 11) is 0. The van der Waals surface area contributed by atoms with Gasteiger partial charge in [0.25, 0.3) is 0 Å². The van der Waals surface area contributed by atoms with Gasteiger partial charge in [-0.1, -0.05) is 53.7 Å². The third-order valence-electron chi connectivity index (χ3n) is 4.38. The zero-order valence-corrected chi connectivity index (χ0v) is 16.3. The molecule has 2 N–H and O–H groups in total. The highest BCUT2D eigenvalue weighted by Gasteiger charge is 2.26. The predicted molar refractivity (Wildman–Crippen MR) is 103 cm³/mol. The monoisotopic (exact) mass is 342 g/mol. The zero-order valence-electron chi connectivity index (χ0n) is 16.3. The molecular weight excluding hydrogens is 312 g/mol. The van der Waals surface area contributed by atoms with Crippen LogP contribution >= 0.6 is 0 Å². The topological polar surface area (TPSA) is 49.7 Å². The number of ether oxygens (including phenoxy) is 1. The van der Waals surface area contributed by atoms with E-state index in [4.69, 9.17) is 4.74 Å². The maximum atomic E-state index is 10.5. The molecule has 2 aromatic rings. The van der Waals surface area contributed by atoms with Gasteiger partial charge >= 0.3 is 0 Å². The minimum Gasteiger partial charge on any atom is -0.508 e. The summed E-state index contributed by atoms with van der Waals surface area (Å²) in [4.78, 5) is 0. The van der Waals surface area contributed by atoms with Gasteiger partial charge in [0.15, 0.2) is 0 Å². The Morgan fingerprint density at radius 2 is 1.32 bits per heavy atom. The van der Waals surface area contributed by atoms with Crippen molar-refractivity contribution in [1.82, 2.24) is 0 Å². The van der Waals surface area contributed by atoms with Crippen LogP contribution in [0.4, 0.5) is 0 Å². The summed E-state index contributed by atoms with van der Waals surface area (Å²) in [6, 6.07) is 10.9.